The van der Waals surface area contributed by atoms with Crippen molar-refractivity contribution in [2.24, 2.45) is 5.73 Å². The van der Waals surface area contributed by atoms with Crippen LogP contribution in [0.4, 0.5) is 0 Å². The molecule has 0 bridgehead atoms. The van der Waals surface area contributed by atoms with E-state index in [4.69, 9.17) is 10.5 Å². The van der Waals surface area contributed by atoms with E-state index in [1.54, 1.807) is 24.3 Å². The molecule has 3 N–H and O–H groups in total. The smallest absolute Gasteiger partial charge is 0.332 e. The number of carbonyl (C=O) groups is 2. The molecule has 1 aromatic carbocycles. The Morgan fingerprint density at radius 3 is 2.65 bits per heavy atom. The third-order valence-electron chi connectivity index (χ3n) is 4.62. The summed E-state index contributed by atoms with van der Waals surface area (Å²) in [5.74, 6) is -1.59. The molecule has 0 saturated heterocycles. The Morgan fingerprint density at radius 1 is 1.35 bits per heavy atom. The zero-order valence-electron chi connectivity index (χ0n) is 16.4. The summed E-state index contributed by atoms with van der Waals surface area (Å²) in [5.41, 5.74) is 6.39. The summed E-state index contributed by atoms with van der Waals surface area (Å²) in [6, 6.07) is 8.93. The lowest BCUT2D eigenvalue weighted by Crippen LogP contribution is -2.41. The van der Waals surface area contributed by atoms with Crippen LogP contribution in [-0.2, 0) is 14.3 Å². The van der Waals surface area contributed by atoms with E-state index in [0.29, 0.717) is 11.3 Å². The molecule has 0 saturated carbocycles. The van der Waals surface area contributed by atoms with E-state index in [1.807, 2.05) is 6.07 Å². The number of fused-ring (bicyclic) bond motifs is 1. The van der Waals surface area contributed by atoms with Crippen molar-refractivity contribution in [1.29, 1.82) is 5.26 Å². The standard InChI is InChI=1S/C20H18N4O5S.CH4/c1-23-18(26)16-15(10-5-4-6-11(7-10)28-2)12(9-21)17(22)24-19(27)13(30-20(16)24)8-14(25)29-3;/h4-8,15H,22H2,1-3H3,(H,23,26);1H4/b13-8-;. The number of nitrogens with zero attached hydrogens (tertiary/aromatic N) is 2. The van der Waals surface area contributed by atoms with Crippen LogP contribution < -0.4 is 30.5 Å². The minimum Gasteiger partial charge on any atom is -0.497 e. The molecule has 162 valence electrons. The Kier molecular flexibility index (Phi) is 7.04. The van der Waals surface area contributed by atoms with Crippen molar-refractivity contribution in [3.05, 3.63) is 55.0 Å². The lowest BCUT2D eigenvalue weighted by Gasteiger charge is -2.25. The number of rotatable bonds is 4. The molecule has 0 fully saturated rings. The molecule has 2 aromatic rings. The number of aromatic nitrogens is 1. The maximum atomic E-state index is 12.9. The second-order valence-corrected chi connectivity index (χ2v) is 7.22. The molecule has 2 heterocycles. The van der Waals surface area contributed by atoms with Gasteiger partial charge < -0.3 is 20.5 Å². The predicted molar refractivity (Wildman–Crippen MR) is 117 cm³/mol. The molecule has 1 aromatic heterocycles. The van der Waals surface area contributed by atoms with E-state index in [9.17, 15) is 19.6 Å². The number of amides is 1. The number of benzene rings is 1. The van der Waals surface area contributed by atoms with Gasteiger partial charge in [-0.2, -0.15) is 5.26 Å². The van der Waals surface area contributed by atoms with Crippen LogP contribution in [0.1, 0.15) is 18.9 Å². The molecule has 1 aliphatic heterocycles. The molecule has 0 radical (unpaired) electrons. The Bertz CT molecular complexity index is 1300. The zero-order chi connectivity index (χ0) is 22.0. The average Bonchev–Trinajstić information content (AvgIpc) is 3.08. The summed E-state index contributed by atoms with van der Waals surface area (Å²) in [5, 5.41) is 12.4. The highest BCUT2D eigenvalue weighted by atomic mass is 32.1. The molecule has 1 unspecified atom stereocenters. The quantitative estimate of drug-likeness (QED) is 0.629. The van der Waals surface area contributed by atoms with E-state index >= 15 is 0 Å². The molecule has 9 nitrogen and oxygen atoms in total. The van der Waals surface area contributed by atoms with Gasteiger partial charge in [-0.1, -0.05) is 19.6 Å². The van der Waals surface area contributed by atoms with E-state index in [-0.39, 0.29) is 33.6 Å². The summed E-state index contributed by atoms with van der Waals surface area (Å²) in [4.78, 5) is 37.4. The number of nitrogens with one attached hydrogen (secondary N) is 1. The lowest BCUT2D eigenvalue weighted by molar-refractivity contribution is -0.133. The van der Waals surface area contributed by atoms with Crippen molar-refractivity contribution in [3.8, 4) is 11.8 Å². The molecule has 31 heavy (non-hydrogen) atoms. The molecular formula is C21H22N4O5S. The Labute approximate surface area is 182 Å². The number of hydrogen-bond donors (Lipinski definition) is 2. The molecule has 1 atom stereocenters. The first-order chi connectivity index (χ1) is 14.4. The van der Waals surface area contributed by atoms with Gasteiger partial charge in [0.1, 0.15) is 20.8 Å². The third-order valence-corrected chi connectivity index (χ3v) is 5.73. The highest BCUT2D eigenvalue weighted by Gasteiger charge is 2.35. The van der Waals surface area contributed by atoms with Crippen molar-refractivity contribution < 1.29 is 19.1 Å². The molecule has 3 rings (SSSR count). The zero-order valence-corrected chi connectivity index (χ0v) is 17.2. The largest absolute Gasteiger partial charge is 0.497 e. The number of hydrogen-bond acceptors (Lipinski definition) is 8. The Hall–Kier alpha value is -3.84. The van der Waals surface area contributed by atoms with Gasteiger partial charge in [-0.05, 0) is 17.7 Å². The van der Waals surface area contributed by atoms with Crippen LogP contribution in [0.25, 0.3) is 17.5 Å². The van der Waals surface area contributed by atoms with Gasteiger partial charge in [0.15, 0.2) is 0 Å². The number of carbonyl (C=O) groups excluding carboxylic acids is 2. The number of nitrogens with two attached hydrogens (primary N) is 1. The summed E-state index contributed by atoms with van der Waals surface area (Å²) in [6.45, 7) is 0. The molecule has 0 spiro atoms. The fraction of sp³-hybridized carbons (Fsp3) is 0.238. The van der Waals surface area contributed by atoms with Gasteiger partial charge in [0, 0.05) is 13.1 Å². The van der Waals surface area contributed by atoms with Gasteiger partial charge in [-0.15, -0.1) is 11.3 Å². The number of thiazole rings is 1. The highest BCUT2D eigenvalue weighted by molar-refractivity contribution is 7.07. The van der Waals surface area contributed by atoms with E-state index < -0.39 is 23.4 Å². The first-order valence-corrected chi connectivity index (χ1v) is 9.51. The van der Waals surface area contributed by atoms with Crippen LogP contribution in [0.3, 0.4) is 0 Å². The first-order valence-electron chi connectivity index (χ1n) is 8.69. The van der Waals surface area contributed by atoms with Gasteiger partial charge in [-0.25, -0.2) is 4.79 Å². The Morgan fingerprint density at radius 2 is 2.06 bits per heavy atom. The van der Waals surface area contributed by atoms with E-state index in [1.165, 1.54) is 21.3 Å². The normalized spacial score (nSPS) is 15.5. The molecule has 10 heteroatoms. The molecule has 0 aliphatic carbocycles. The van der Waals surface area contributed by atoms with Crippen LogP contribution in [-0.4, -0.2) is 37.7 Å². The minimum absolute atomic E-state index is 0. The van der Waals surface area contributed by atoms with Crippen molar-refractivity contribution in [3.63, 3.8) is 0 Å². The fourth-order valence-corrected chi connectivity index (χ4v) is 4.36. The topological polar surface area (TPSA) is 136 Å². The van der Waals surface area contributed by atoms with Crippen molar-refractivity contribution in [2.75, 3.05) is 21.3 Å². The van der Waals surface area contributed by atoms with E-state index in [0.717, 1.165) is 22.0 Å². The molecule has 1 amide bonds. The maximum absolute atomic E-state index is 12.9. The summed E-state index contributed by atoms with van der Waals surface area (Å²) < 4.78 is 11.2. The number of nitriles is 1. The lowest BCUT2D eigenvalue weighted by atomic mass is 9.83. The third kappa shape index (κ3) is 3.95. The molecule has 1 aliphatic rings. The first kappa shape index (κ1) is 23.4. The van der Waals surface area contributed by atoms with Gasteiger partial charge in [0.2, 0.25) is 0 Å². The average molecular weight is 442 g/mol. The maximum Gasteiger partial charge on any atom is 0.332 e. The minimum atomic E-state index is -0.825. The van der Waals surface area contributed by atoms with Crippen molar-refractivity contribution >= 4 is 40.7 Å². The van der Waals surface area contributed by atoms with Crippen LogP contribution in [0.2, 0.25) is 0 Å². The highest BCUT2D eigenvalue weighted by Crippen LogP contribution is 2.37. The van der Waals surface area contributed by atoms with Crippen LogP contribution in [0, 0.1) is 11.3 Å². The van der Waals surface area contributed by atoms with Crippen molar-refractivity contribution in [2.45, 2.75) is 13.3 Å². The second kappa shape index (κ2) is 9.32. The van der Waals surface area contributed by atoms with Gasteiger partial charge >= 0.3 is 5.97 Å². The summed E-state index contributed by atoms with van der Waals surface area (Å²) >= 11 is 0.923. The summed E-state index contributed by atoms with van der Waals surface area (Å²) in [6.07, 6.45) is 1.03. The SMILES string of the molecule is C.CNC(=O)C1=c2s/c(=C\C(=O)OC)c(=O)n2C(N)=C(C#N)C1c1cccc(OC)c1. The number of ether oxygens (including phenoxy) is 2. The van der Waals surface area contributed by atoms with Gasteiger partial charge in [0.05, 0.1) is 37.4 Å². The Balaban J connectivity index is 0.00000341. The van der Waals surface area contributed by atoms with Crippen LogP contribution in [0.15, 0.2) is 34.6 Å². The number of allylic oxidation sites excluding steroid dienone is 1. The van der Waals surface area contributed by atoms with E-state index in [2.05, 4.69) is 10.1 Å². The second-order valence-electron chi connectivity index (χ2n) is 6.19. The van der Waals surface area contributed by atoms with Crippen molar-refractivity contribution in [1.82, 2.24) is 9.88 Å². The monoisotopic (exact) mass is 442 g/mol. The predicted octanol–water partition coefficient (Wildman–Crippen LogP) is -0.147. The molecular weight excluding hydrogens is 420 g/mol. The fourth-order valence-electron chi connectivity index (χ4n) is 3.22. The van der Waals surface area contributed by atoms with Gasteiger partial charge in [-0.3, -0.25) is 14.2 Å². The summed E-state index contributed by atoms with van der Waals surface area (Å²) in [7, 11) is 4.14. The van der Waals surface area contributed by atoms with Crippen LogP contribution in [0.5, 0.6) is 5.75 Å². The van der Waals surface area contributed by atoms with Gasteiger partial charge in [0.25, 0.3) is 11.5 Å². The number of esters is 1. The number of methoxy groups -OCH3 is 2. The van der Waals surface area contributed by atoms with Crippen LogP contribution >= 0.6 is 11.3 Å².